The first-order chi connectivity index (χ1) is 18.2. The summed E-state index contributed by atoms with van der Waals surface area (Å²) >= 11 is 1.71. The lowest BCUT2D eigenvalue weighted by Gasteiger charge is -2.33. The Balaban J connectivity index is 1.67. The van der Waals surface area contributed by atoms with Gasteiger partial charge in [-0.3, -0.25) is 4.98 Å². The number of benzene rings is 2. The van der Waals surface area contributed by atoms with E-state index >= 15 is 0 Å². The van der Waals surface area contributed by atoms with Crippen molar-refractivity contribution in [2.45, 2.75) is 45.3 Å². The Morgan fingerprint density at radius 2 is 1.82 bits per heavy atom. The molecule has 2 aliphatic heterocycles. The molecule has 0 spiro atoms. The summed E-state index contributed by atoms with van der Waals surface area (Å²) in [7, 11) is 2.07. The Morgan fingerprint density at radius 1 is 1.08 bits per heavy atom. The van der Waals surface area contributed by atoms with Crippen molar-refractivity contribution in [2.24, 2.45) is 5.92 Å². The van der Waals surface area contributed by atoms with Crippen molar-refractivity contribution < 1.29 is 9.84 Å². The highest BCUT2D eigenvalue weighted by atomic mass is 32.2. The fourth-order valence-electron chi connectivity index (χ4n) is 6.08. The van der Waals surface area contributed by atoms with Gasteiger partial charge in [-0.25, -0.2) is 0 Å². The van der Waals surface area contributed by atoms with E-state index in [1.54, 1.807) is 11.8 Å². The second kappa shape index (κ2) is 9.60. The average Bonchev–Trinajstić information content (AvgIpc) is 3.36. The highest BCUT2D eigenvalue weighted by molar-refractivity contribution is 8.07. The van der Waals surface area contributed by atoms with Crippen molar-refractivity contribution in [3.8, 4) is 0 Å². The molecule has 2 aliphatic rings. The van der Waals surface area contributed by atoms with Gasteiger partial charge in [-0.05, 0) is 62.8 Å². The van der Waals surface area contributed by atoms with Crippen LogP contribution in [0.2, 0.25) is 0 Å². The maximum atomic E-state index is 10.9. The van der Waals surface area contributed by atoms with Gasteiger partial charge in [0.1, 0.15) is 0 Å². The van der Waals surface area contributed by atoms with Gasteiger partial charge in [0.25, 0.3) is 0 Å². The summed E-state index contributed by atoms with van der Waals surface area (Å²) in [5.74, 6) is 0.421. The van der Waals surface area contributed by atoms with Gasteiger partial charge in [0.15, 0.2) is 0 Å². The van der Waals surface area contributed by atoms with Crippen molar-refractivity contribution in [2.75, 3.05) is 20.3 Å². The van der Waals surface area contributed by atoms with Gasteiger partial charge < -0.3 is 19.3 Å². The molecule has 0 radical (unpaired) electrons. The summed E-state index contributed by atoms with van der Waals surface area (Å²) in [4.78, 5) is 8.47. The molecule has 38 heavy (non-hydrogen) atoms. The van der Waals surface area contributed by atoms with Crippen LogP contribution in [-0.4, -0.2) is 39.8 Å². The number of thioether (sulfide) groups is 1. The maximum absolute atomic E-state index is 10.9. The summed E-state index contributed by atoms with van der Waals surface area (Å²) in [6.45, 7) is 11.6. The molecule has 1 atom stereocenters. The third-order valence-electron chi connectivity index (χ3n) is 8.07. The molecular weight excluding hydrogens is 490 g/mol. The van der Waals surface area contributed by atoms with E-state index in [-0.39, 0.29) is 6.04 Å². The van der Waals surface area contributed by atoms with E-state index < -0.39 is 5.60 Å². The number of nitrogens with zero attached hydrogens (tertiary/aromatic N) is 3. The molecule has 1 fully saturated rings. The van der Waals surface area contributed by atoms with E-state index in [0.717, 1.165) is 69.8 Å². The van der Waals surface area contributed by atoms with Gasteiger partial charge in [-0.15, -0.1) is 0 Å². The first-order valence-corrected chi connectivity index (χ1v) is 14.2. The number of pyridine rings is 1. The van der Waals surface area contributed by atoms with Crippen molar-refractivity contribution in [1.82, 2.24) is 14.5 Å². The Bertz CT molecular complexity index is 1560. The van der Waals surface area contributed by atoms with Crippen molar-refractivity contribution in [3.63, 3.8) is 0 Å². The standard InChI is InChI=1S/C32H35N3O2S/c1-20-30(34(5)21(2)38-20)24-17-28-29(33-19-24)26-12-11-25(32(3,4)36)18-27(26)35(28)31(22-9-7-6-8-10-22)23-13-15-37-16-14-23/h6-12,17-19,23,31,36H,2,13-16H2,1,3-5H3. The Morgan fingerprint density at radius 3 is 2.47 bits per heavy atom. The summed E-state index contributed by atoms with van der Waals surface area (Å²) in [6.07, 6.45) is 4.00. The maximum Gasteiger partial charge on any atom is 0.0960 e. The molecule has 0 amide bonds. The van der Waals surface area contributed by atoms with Crippen LogP contribution in [0.4, 0.5) is 0 Å². The van der Waals surface area contributed by atoms with Crippen LogP contribution in [0.1, 0.15) is 56.3 Å². The SMILES string of the molecule is C=C1SC(C)=C(c2cnc3c4ccc(C(C)(C)O)cc4n(C(c4ccccc4)C4CCOCC4)c3c2)N1C. The molecule has 0 aliphatic carbocycles. The molecule has 0 saturated carbocycles. The fourth-order valence-corrected chi connectivity index (χ4v) is 7.01. The molecule has 2 aromatic heterocycles. The molecule has 5 nitrogen and oxygen atoms in total. The van der Waals surface area contributed by atoms with Gasteiger partial charge in [-0.1, -0.05) is 60.8 Å². The summed E-state index contributed by atoms with van der Waals surface area (Å²) in [5, 5.41) is 13.1. The zero-order valence-electron chi connectivity index (χ0n) is 22.6. The van der Waals surface area contributed by atoms with E-state index in [4.69, 9.17) is 9.72 Å². The lowest BCUT2D eigenvalue weighted by Crippen LogP contribution is -2.27. The molecule has 0 bridgehead atoms. The Hall–Kier alpha value is -3.06. The molecule has 6 heteroatoms. The molecular formula is C32H35N3O2S. The van der Waals surface area contributed by atoms with E-state index in [0.29, 0.717) is 5.92 Å². The Kier molecular flexibility index (Phi) is 6.37. The fraction of sp³-hybridized carbons (Fsp3) is 0.344. The van der Waals surface area contributed by atoms with Crippen LogP contribution in [0.3, 0.4) is 0 Å². The van der Waals surface area contributed by atoms with Crippen LogP contribution in [0, 0.1) is 5.92 Å². The summed E-state index contributed by atoms with van der Waals surface area (Å²) in [5.41, 5.74) is 6.70. The van der Waals surface area contributed by atoms with E-state index in [9.17, 15) is 5.11 Å². The van der Waals surface area contributed by atoms with Crippen molar-refractivity contribution >= 4 is 39.4 Å². The molecule has 4 heterocycles. The number of ether oxygens (including phenoxy) is 1. The van der Waals surface area contributed by atoms with Crippen LogP contribution < -0.4 is 0 Å². The highest BCUT2D eigenvalue weighted by Crippen LogP contribution is 2.45. The van der Waals surface area contributed by atoms with Gasteiger partial charge in [0, 0.05) is 42.3 Å². The van der Waals surface area contributed by atoms with E-state index in [1.807, 2.05) is 26.1 Å². The van der Waals surface area contributed by atoms with Crippen LogP contribution in [-0.2, 0) is 10.3 Å². The number of rotatable bonds is 5. The monoisotopic (exact) mass is 525 g/mol. The van der Waals surface area contributed by atoms with Gasteiger partial charge in [-0.2, -0.15) is 0 Å². The predicted octanol–water partition coefficient (Wildman–Crippen LogP) is 7.27. The predicted molar refractivity (Wildman–Crippen MR) is 158 cm³/mol. The number of aromatic nitrogens is 2. The number of aliphatic hydroxyl groups is 1. The van der Waals surface area contributed by atoms with Crippen LogP contribution in [0.15, 0.2) is 77.3 Å². The average molecular weight is 526 g/mol. The largest absolute Gasteiger partial charge is 0.386 e. The second-order valence-corrected chi connectivity index (χ2v) is 12.3. The number of hydrogen-bond acceptors (Lipinski definition) is 5. The third-order valence-corrected chi connectivity index (χ3v) is 9.07. The minimum atomic E-state index is -0.943. The summed E-state index contributed by atoms with van der Waals surface area (Å²) in [6, 6.07) is 19.6. The summed E-state index contributed by atoms with van der Waals surface area (Å²) < 4.78 is 8.28. The number of hydrogen-bond donors (Lipinski definition) is 1. The quantitative estimate of drug-likeness (QED) is 0.297. The van der Waals surface area contributed by atoms with Gasteiger partial charge in [0.2, 0.25) is 0 Å². The minimum Gasteiger partial charge on any atom is -0.386 e. The molecule has 6 rings (SSSR count). The van der Waals surface area contributed by atoms with E-state index in [2.05, 4.69) is 78.5 Å². The lowest BCUT2D eigenvalue weighted by atomic mass is 9.86. The van der Waals surface area contributed by atoms with Crippen molar-refractivity contribution in [3.05, 3.63) is 94.0 Å². The molecule has 196 valence electrons. The van der Waals surface area contributed by atoms with Crippen LogP contribution >= 0.6 is 11.8 Å². The Labute approximate surface area is 228 Å². The first-order valence-electron chi connectivity index (χ1n) is 13.3. The molecule has 2 aromatic carbocycles. The van der Waals surface area contributed by atoms with E-state index in [1.165, 1.54) is 10.5 Å². The normalized spacial score (nSPS) is 18.2. The molecule has 4 aromatic rings. The van der Waals surface area contributed by atoms with Gasteiger partial charge in [0.05, 0.1) is 38.9 Å². The van der Waals surface area contributed by atoms with Gasteiger partial charge >= 0.3 is 0 Å². The van der Waals surface area contributed by atoms with Crippen LogP contribution in [0.5, 0.6) is 0 Å². The number of allylic oxidation sites excluding steroid dienone is 1. The highest BCUT2D eigenvalue weighted by Gasteiger charge is 2.31. The number of fused-ring (bicyclic) bond motifs is 3. The minimum absolute atomic E-state index is 0.120. The molecule has 1 saturated heterocycles. The third kappa shape index (κ3) is 4.25. The van der Waals surface area contributed by atoms with Crippen molar-refractivity contribution in [1.29, 1.82) is 0 Å². The first kappa shape index (κ1) is 25.2. The zero-order valence-corrected chi connectivity index (χ0v) is 23.4. The van der Waals surface area contributed by atoms with Crippen LogP contribution in [0.25, 0.3) is 27.6 Å². The lowest BCUT2D eigenvalue weighted by molar-refractivity contribution is 0.0552. The zero-order chi connectivity index (χ0) is 26.6. The topological polar surface area (TPSA) is 50.5 Å². The molecule has 1 N–H and O–H groups in total. The second-order valence-electron chi connectivity index (χ2n) is 11.0. The molecule has 1 unspecified atom stereocenters. The smallest absolute Gasteiger partial charge is 0.0960 e.